The van der Waals surface area contributed by atoms with E-state index in [0.717, 1.165) is 34.7 Å². The molecule has 4 aromatic rings. The van der Waals surface area contributed by atoms with Crippen molar-refractivity contribution in [2.75, 3.05) is 0 Å². The van der Waals surface area contributed by atoms with Crippen LogP contribution in [0.15, 0.2) is 60.7 Å². The van der Waals surface area contributed by atoms with Crippen LogP contribution in [-0.4, -0.2) is 25.6 Å². The van der Waals surface area contributed by atoms with Crippen LogP contribution in [-0.2, 0) is 19.6 Å². The van der Waals surface area contributed by atoms with Gasteiger partial charge in [0.25, 0.3) is 0 Å². The highest BCUT2D eigenvalue weighted by Crippen LogP contribution is 2.30. The number of nitrogens with zero attached hydrogens (tertiary/aromatic N) is 3. The van der Waals surface area contributed by atoms with Gasteiger partial charge in [0.2, 0.25) is 5.82 Å². The molecule has 6 nitrogen and oxygen atoms in total. The number of aryl methyl sites for hydroxylation is 2. The Labute approximate surface area is 279 Å². The third-order valence-electron chi connectivity index (χ3n) is 6.95. The Balaban J connectivity index is 0.000000549. The topological polar surface area (TPSA) is 77.2 Å². The molecule has 1 aliphatic rings. The summed E-state index contributed by atoms with van der Waals surface area (Å²) in [5.74, 6) is 0.693. The zero-order valence-electron chi connectivity index (χ0n) is 30.6. The number of carboxylic acids is 1. The molecule has 6 heteroatoms. The number of rotatable bonds is 9. The van der Waals surface area contributed by atoms with Crippen LogP contribution < -0.4 is 4.74 Å². The van der Waals surface area contributed by atoms with Crippen molar-refractivity contribution in [2.24, 2.45) is 11.3 Å². The van der Waals surface area contributed by atoms with E-state index in [-0.39, 0.29) is 12.4 Å². The maximum absolute atomic E-state index is 11.9. The Kier molecular flexibility index (Phi) is 18.6. The fourth-order valence-electron chi connectivity index (χ4n) is 4.63. The van der Waals surface area contributed by atoms with Crippen LogP contribution in [0.4, 0.5) is 0 Å². The lowest BCUT2D eigenvalue weighted by atomic mass is 9.82. The molecular weight excluding hydrogens is 570 g/mol. The van der Waals surface area contributed by atoms with Gasteiger partial charge in [-0.2, -0.15) is 0 Å². The highest BCUT2D eigenvalue weighted by atomic mass is 16.5. The fourth-order valence-corrected chi connectivity index (χ4v) is 4.63. The molecule has 1 fully saturated rings. The summed E-state index contributed by atoms with van der Waals surface area (Å²) in [6.07, 6.45) is 8.29. The third kappa shape index (κ3) is 14.2. The molecule has 0 atom stereocenters. The predicted molar refractivity (Wildman–Crippen MR) is 195 cm³/mol. The average Bonchev–Trinajstić information content (AvgIpc) is 3.38. The Hall–Kier alpha value is -3.67. The quantitative estimate of drug-likeness (QED) is 0.199. The number of hydrogen-bond donors (Lipinski definition) is 1. The van der Waals surface area contributed by atoms with E-state index in [1.165, 1.54) is 32.1 Å². The normalized spacial score (nSPS) is 12.1. The fraction of sp³-hybridized carbons (Fsp3) is 0.525. The van der Waals surface area contributed by atoms with Crippen LogP contribution in [0.1, 0.15) is 134 Å². The van der Waals surface area contributed by atoms with Crippen LogP contribution in [0, 0.1) is 18.3 Å². The van der Waals surface area contributed by atoms with E-state index < -0.39 is 5.97 Å². The van der Waals surface area contributed by atoms with Gasteiger partial charge in [0.15, 0.2) is 0 Å². The second kappa shape index (κ2) is 21.2. The number of benzene rings is 2. The van der Waals surface area contributed by atoms with Crippen LogP contribution in [0.5, 0.6) is 5.75 Å². The summed E-state index contributed by atoms with van der Waals surface area (Å²) in [5.41, 5.74) is 5.63. The largest absolute Gasteiger partial charge is 0.487 e. The lowest BCUT2D eigenvalue weighted by Gasteiger charge is -2.24. The first-order valence-electron chi connectivity index (χ1n) is 17.3. The number of ether oxygens (including phenoxy) is 1. The number of aromatic carboxylic acids is 1. The molecule has 254 valence electrons. The molecule has 46 heavy (non-hydrogen) atoms. The molecule has 0 radical (unpaired) electrons. The molecule has 1 saturated carbocycles. The smallest absolute Gasteiger partial charge is 0.372 e. The van der Waals surface area contributed by atoms with Gasteiger partial charge in [0.1, 0.15) is 18.1 Å². The summed E-state index contributed by atoms with van der Waals surface area (Å²) in [4.78, 5) is 20.8. The summed E-state index contributed by atoms with van der Waals surface area (Å²) >= 11 is 0. The highest BCUT2D eigenvalue weighted by Gasteiger charge is 2.19. The van der Waals surface area contributed by atoms with Crippen LogP contribution in [0.25, 0.3) is 11.0 Å². The molecular formula is C40H61N3O3. The number of carbonyl (C=O) groups is 1. The number of imidazole rings is 1. The van der Waals surface area contributed by atoms with Crippen molar-refractivity contribution in [3.8, 4) is 5.75 Å². The summed E-state index contributed by atoms with van der Waals surface area (Å²) in [7, 11) is 0. The van der Waals surface area contributed by atoms with Crippen molar-refractivity contribution in [1.82, 2.24) is 14.5 Å². The van der Waals surface area contributed by atoms with Gasteiger partial charge in [-0.05, 0) is 60.1 Å². The lowest BCUT2D eigenvalue weighted by Crippen LogP contribution is -2.13. The lowest BCUT2D eigenvalue weighted by molar-refractivity contribution is 0.0679. The van der Waals surface area contributed by atoms with E-state index in [0.29, 0.717) is 29.0 Å². The van der Waals surface area contributed by atoms with Crippen LogP contribution in [0.3, 0.4) is 0 Å². The van der Waals surface area contributed by atoms with Gasteiger partial charge in [-0.25, -0.2) is 9.78 Å². The van der Waals surface area contributed by atoms with E-state index in [1.807, 2.05) is 95.3 Å². The summed E-state index contributed by atoms with van der Waals surface area (Å²) in [6, 6.07) is 19.5. The van der Waals surface area contributed by atoms with Gasteiger partial charge in [-0.15, -0.1) is 0 Å². The molecule has 0 aliphatic heterocycles. The van der Waals surface area contributed by atoms with Gasteiger partial charge in [-0.1, -0.05) is 138 Å². The minimum Gasteiger partial charge on any atom is -0.487 e. The highest BCUT2D eigenvalue weighted by molar-refractivity contribution is 5.90. The minimum atomic E-state index is -1.07. The van der Waals surface area contributed by atoms with Crippen molar-refractivity contribution >= 4 is 17.0 Å². The molecule has 2 heterocycles. The molecule has 0 unspecified atom stereocenters. The first kappa shape index (κ1) is 40.4. The van der Waals surface area contributed by atoms with Crippen LogP contribution >= 0.6 is 0 Å². The molecule has 1 N–H and O–H groups in total. The monoisotopic (exact) mass is 631 g/mol. The van der Waals surface area contributed by atoms with E-state index in [2.05, 4.69) is 51.5 Å². The summed E-state index contributed by atoms with van der Waals surface area (Å²) in [5, 5.41) is 9.71. The van der Waals surface area contributed by atoms with Gasteiger partial charge in [0, 0.05) is 5.69 Å². The van der Waals surface area contributed by atoms with Gasteiger partial charge in [-0.3, -0.25) is 4.98 Å². The van der Waals surface area contributed by atoms with Crippen molar-refractivity contribution in [1.29, 1.82) is 0 Å². The van der Waals surface area contributed by atoms with Gasteiger partial charge >= 0.3 is 5.97 Å². The van der Waals surface area contributed by atoms with Crippen molar-refractivity contribution in [3.05, 3.63) is 89.0 Å². The standard InChI is InChI=1S/C24H23N3O3.C7H14.C5H12.2C2H6/c1-3-17-10-11-19-21(13-17)27(23(26-19)24(28)29)14-20-22(12-9-16(2)25-20)30-15-18-7-5-4-6-8-18;1-2-4-7-5-3-6-7;1-5(2,3)4;2*1-2/h4-13H,3,14-15H2,1-2H3,(H,28,29);7H,2-6H2,1H3;1-4H3;2*1-2H3. The second-order valence-corrected chi connectivity index (χ2v) is 12.8. The maximum atomic E-state index is 11.9. The molecule has 2 aromatic heterocycles. The second-order valence-electron chi connectivity index (χ2n) is 12.8. The van der Waals surface area contributed by atoms with E-state index in [1.54, 1.807) is 4.57 Å². The molecule has 2 aromatic carbocycles. The average molecular weight is 632 g/mol. The van der Waals surface area contributed by atoms with Crippen molar-refractivity contribution in [2.45, 2.75) is 128 Å². The molecule has 5 rings (SSSR count). The van der Waals surface area contributed by atoms with Gasteiger partial charge in [0.05, 0.1) is 17.6 Å². The predicted octanol–water partition coefficient (Wildman–Crippen LogP) is 11.3. The molecule has 0 saturated heterocycles. The number of fused-ring (bicyclic) bond motifs is 1. The maximum Gasteiger partial charge on any atom is 0.372 e. The van der Waals surface area contributed by atoms with Gasteiger partial charge < -0.3 is 14.4 Å². The molecule has 1 aliphatic carbocycles. The van der Waals surface area contributed by atoms with E-state index in [4.69, 9.17) is 4.74 Å². The first-order chi connectivity index (χ1) is 22.0. The molecule has 0 bridgehead atoms. The number of pyridine rings is 1. The molecule has 0 amide bonds. The Morgan fingerprint density at radius 2 is 1.54 bits per heavy atom. The Bertz CT molecular complexity index is 1410. The van der Waals surface area contributed by atoms with E-state index in [9.17, 15) is 9.90 Å². The first-order valence-corrected chi connectivity index (χ1v) is 17.3. The number of carboxylic acid groups (broad SMARTS) is 1. The van der Waals surface area contributed by atoms with E-state index >= 15 is 0 Å². The summed E-state index contributed by atoms with van der Waals surface area (Å²) in [6.45, 7) is 23.7. The number of hydrogen-bond acceptors (Lipinski definition) is 4. The van der Waals surface area contributed by atoms with Crippen molar-refractivity contribution < 1.29 is 14.6 Å². The zero-order chi connectivity index (χ0) is 34.7. The molecule has 0 spiro atoms. The van der Waals surface area contributed by atoms with Crippen LogP contribution in [0.2, 0.25) is 0 Å². The Morgan fingerprint density at radius 1 is 0.913 bits per heavy atom. The number of aromatic nitrogens is 3. The SMILES string of the molecule is CC.CC.CC(C)(C)C.CCCC1CCC1.CCc1ccc2nc(C(=O)O)n(Cc3nc(C)ccc3OCc3ccccc3)c2c1. The Morgan fingerprint density at radius 3 is 2.04 bits per heavy atom. The third-order valence-corrected chi connectivity index (χ3v) is 6.95. The minimum absolute atomic E-state index is 0.00410. The summed E-state index contributed by atoms with van der Waals surface area (Å²) < 4.78 is 7.74. The zero-order valence-corrected chi connectivity index (χ0v) is 30.6. The van der Waals surface area contributed by atoms with Crippen molar-refractivity contribution in [3.63, 3.8) is 0 Å².